The van der Waals surface area contributed by atoms with Crippen molar-refractivity contribution < 1.29 is 28.6 Å². The van der Waals surface area contributed by atoms with E-state index in [1.54, 1.807) is 0 Å². The van der Waals surface area contributed by atoms with Gasteiger partial charge in [0.1, 0.15) is 16.0 Å². The van der Waals surface area contributed by atoms with Gasteiger partial charge in [-0.25, -0.2) is 9.59 Å². The van der Waals surface area contributed by atoms with Gasteiger partial charge in [0.25, 0.3) is 0 Å². The first kappa shape index (κ1) is 16.8. The number of esters is 2. The van der Waals surface area contributed by atoms with Crippen molar-refractivity contribution in [2.45, 2.75) is 19.3 Å². The van der Waals surface area contributed by atoms with E-state index in [1.807, 2.05) is 0 Å². The monoisotopic (exact) mass is 323 g/mol. The van der Waals surface area contributed by atoms with Crippen molar-refractivity contribution in [1.82, 2.24) is 5.32 Å². The highest BCUT2D eigenvalue weighted by Crippen LogP contribution is 2.34. The summed E-state index contributed by atoms with van der Waals surface area (Å²) in [6.07, 6.45) is -0.927. The third-order valence-electron chi connectivity index (χ3n) is 2.29. The van der Waals surface area contributed by atoms with Crippen molar-refractivity contribution in [2.75, 3.05) is 20.0 Å². The van der Waals surface area contributed by atoms with Crippen molar-refractivity contribution in [3.63, 3.8) is 0 Å². The van der Waals surface area contributed by atoms with E-state index in [2.05, 4.69) is 10.1 Å². The summed E-state index contributed by atoms with van der Waals surface area (Å²) in [7, 11) is 2.56. The minimum Gasteiger partial charge on any atom is -0.467 e. The molecule has 0 saturated heterocycles. The maximum Gasteiger partial charge on any atom is 0.348 e. The minimum atomic E-state index is -0.927. The average Bonchev–Trinajstić information content (AvgIpc) is 2.68. The lowest BCUT2D eigenvalue weighted by molar-refractivity contribution is -0.154. The van der Waals surface area contributed by atoms with Gasteiger partial charge in [0.2, 0.25) is 12.2 Å². The average molecular weight is 324 g/mol. The van der Waals surface area contributed by atoms with Crippen molar-refractivity contribution in [3.8, 4) is 0 Å². The second kappa shape index (κ2) is 7.51. The van der Waals surface area contributed by atoms with E-state index < -0.39 is 24.3 Å². The Morgan fingerprint density at radius 3 is 2.60 bits per heavy atom. The molecule has 1 rings (SSSR count). The molecule has 0 fully saturated rings. The van der Waals surface area contributed by atoms with Gasteiger partial charge in [-0.1, -0.05) is 11.6 Å². The molecule has 0 aromatic heterocycles. The predicted molar refractivity (Wildman–Crippen MR) is 71.8 cm³/mol. The number of halogens is 1. The molecule has 112 valence electrons. The van der Waals surface area contributed by atoms with Gasteiger partial charge in [-0.15, -0.1) is 11.8 Å². The summed E-state index contributed by atoms with van der Waals surface area (Å²) in [6, 6.07) is -0.881. The molecule has 7 nitrogen and oxygen atoms in total. The van der Waals surface area contributed by atoms with E-state index in [0.29, 0.717) is 0 Å². The number of amides is 1. The van der Waals surface area contributed by atoms with Gasteiger partial charge in [0.05, 0.1) is 7.11 Å². The largest absolute Gasteiger partial charge is 0.467 e. The second-order valence-corrected chi connectivity index (χ2v) is 5.17. The molecule has 0 aromatic carbocycles. The molecule has 0 saturated carbocycles. The lowest BCUT2D eigenvalue weighted by Gasteiger charge is -2.14. The Balaban J connectivity index is 2.72. The third kappa shape index (κ3) is 4.12. The zero-order valence-electron chi connectivity index (χ0n) is 11.1. The Hall–Kier alpha value is -1.25. The summed E-state index contributed by atoms with van der Waals surface area (Å²) in [5.41, 5.74) is 0. The molecular formula is C11H14ClNO6S. The van der Waals surface area contributed by atoms with Crippen LogP contribution in [0.3, 0.4) is 0 Å². The van der Waals surface area contributed by atoms with E-state index in [0.717, 1.165) is 11.8 Å². The van der Waals surface area contributed by atoms with Crippen LogP contribution in [-0.4, -0.2) is 50.2 Å². The molecule has 0 aromatic rings. The highest BCUT2D eigenvalue weighted by molar-refractivity contribution is 8.04. The topological polar surface area (TPSA) is 90.9 Å². The van der Waals surface area contributed by atoms with Crippen LogP contribution in [0, 0.1) is 0 Å². The Bertz CT molecular complexity index is 452. The Morgan fingerprint density at radius 1 is 1.50 bits per heavy atom. The second-order valence-electron chi connectivity index (χ2n) is 3.74. The van der Waals surface area contributed by atoms with Crippen LogP contribution in [0.5, 0.6) is 0 Å². The van der Waals surface area contributed by atoms with Gasteiger partial charge in [-0.2, -0.15) is 0 Å². The lowest BCUT2D eigenvalue weighted by atomic mass is 10.3. The van der Waals surface area contributed by atoms with Gasteiger partial charge in [0.15, 0.2) is 0 Å². The van der Waals surface area contributed by atoms with Gasteiger partial charge in [0, 0.05) is 19.8 Å². The Morgan fingerprint density at radius 2 is 2.15 bits per heavy atom. The fourth-order valence-electron chi connectivity index (χ4n) is 1.41. The van der Waals surface area contributed by atoms with Gasteiger partial charge >= 0.3 is 11.9 Å². The van der Waals surface area contributed by atoms with Crippen molar-refractivity contribution in [2.24, 2.45) is 0 Å². The number of ether oxygens (including phenoxy) is 3. The smallest absolute Gasteiger partial charge is 0.348 e. The number of thioether (sulfide) groups is 1. The van der Waals surface area contributed by atoms with Gasteiger partial charge in [-0.3, -0.25) is 4.79 Å². The summed E-state index contributed by atoms with van der Waals surface area (Å²) in [6.45, 7) is 1.28. The molecule has 1 aliphatic rings. The lowest BCUT2D eigenvalue weighted by Crippen LogP contribution is -2.42. The summed E-state index contributed by atoms with van der Waals surface area (Å²) in [5, 5.41) is 2.55. The molecule has 0 spiro atoms. The molecule has 0 radical (unpaired) electrons. The first-order valence-corrected chi connectivity index (χ1v) is 6.88. The first-order chi connectivity index (χ1) is 9.40. The highest BCUT2D eigenvalue weighted by atomic mass is 35.5. The summed E-state index contributed by atoms with van der Waals surface area (Å²) < 4.78 is 14.3. The fraction of sp³-hybridized carbons (Fsp3) is 0.545. The van der Waals surface area contributed by atoms with Crippen molar-refractivity contribution >= 4 is 41.2 Å². The third-order valence-corrected chi connectivity index (χ3v) is 3.95. The molecule has 20 heavy (non-hydrogen) atoms. The van der Waals surface area contributed by atoms with Crippen LogP contribution in [0.15, 0.2) is 9.94 Å². The van der Waals surface area contributed by atoms with E-state index in [9.17, 15) is 14.4 Å². The van der Waals surface area contributed by atoms with E-state index in [4.69, 9.17) is 21.1 Å². The van der Waals surface area contributed by atoms with E-state index >= 15 is 0 Å². The molecule has 9 heteroatoms. The van der Waals surface area contributed by atoms with Crippen LogP contribution >= 0.6 is 23.4 Å². The van der Waals surface area contributed by atoms with Crippen molar-refractivity contribution in [3.05, 3.63) is 9.94 Å². The number of cyclic esters (lactones) is 1. The van der Waals surface area contributed by atoms with Crippen LogP contribution in [-0.2, 0) is 28.6 Å². The molecule has 1 heterocycles. The molecule has 1 N–H and O–H groups in total. The quantitative estimate of drug-likeness (QED) is 0.706. The highest BCUT2D eigenvalue weighted by Gasteiger charge is 2.34. The maximum absolute atomic E-state index is 11.6. The number of hydrogen-bond donors (Lipinski definition) is 1. The van der Waals surface area contributed by atoms with E-state index in [-0.39, 0.29) is 21.6 Å². The first-order valence-electron chi connectivity index (χ1n) is 5.51. The normalized spacial score (nSPS) is 19.6. The Kier molecular flexibility index (Phi) is 6.31. The molecule has 1 unspecified atom stereocenters. The molecular weight excluding hydrogens is 310 g/mol. The van der Waals surface area contributed by atoms with Crippen LogP contribution in [0.1, 0.15) is 6.92 Å². The van der Waals surface area contributed by atoms with Gasteiger partial charge < -0.3 is 19.5 Å². The summed E-state index contributed by atoms with van der Waals surface area (Å²) in [4.78, 5) is 34.2. The zero-order chi connectivity index (χ0) is 15.3. The summed E-state index contributed by atoms with van der Waals surface area (Å²) >= 11 is 6.92. The SMILES string of the molecule is COC(=O)[C@H](CSC1=C(Cl)C(OC)OC1=O)NC(C)=O. The van der Waals surface area contributed by atoms with Crippen LogP contribution in [0.2, 0.25) is 0 Å². The molecule has 2 atom stereocenters. The zero-order valence-corrected chi connectivity index (χ0v) is 12.7. The summed E-state index contributed by atoms with van der Waals surface area (Å²) in [5.74, 6) is -1.54. The maximum atomic E-state index is 11.6. The predicted octanol–water partition coefficient (Wildman–Crippen LogP) is 0.377. The number of carbonyl (C=O) groups is 3. The number of carbonyl (C=O) groups excluding carboxylic acids is 3. The fourth-order valence-corrected chi connectivity index (χ4v) is 2.74. The number of hydrogen-bond acceptors (Lipinski definition) is 7. The number of methoxy groups -OCH3 is 2. The molecule has 0 aliphatic carbocycles. The van der Waals surface area contributed by atoms with E-state index in [1.165, 1.54) is 21.1 Å². The number of nitrogens with one attached hydrogen (secondary N) is 1. The minimum absolute atomic E-state index is 0.0866. The van der Waals surface area contributed by atoms with Crippen LogP contribution in [0.4, 0.5) is 0 Å². The van der Waals surface area contributed by atoms with Gasteiger partial charge in [-0.05, 0) is 0 Å². The number of rotatable bonds is 6. The van der Waals surface area contributed by atoms with Crippen molar-refractivity contribution in [1.29, 1.82) is 0 Å². The molecule has 1 amide bonds. The Labute approximate surface area is 124 Å². The standard InChI is InChI=1S/C11H14ClNO6S/c1-5(14)13-6(9(15)17-2)4-20-8-7(12)11(18-3)19-10(8)16/h6,11H,4H2,1-3H3,(H,13,14)/t6-,11?/m0/s1. The van der Waals surface area contributed by atoms with Crippen LogP contribution in [0.25, 0.3) is 0 Å². The van der Waals surface area contributed by atoms with Crippen LogP contribution < -0.4 is 5.32 Å². The molecule has 1 aliphatic heterocycles. The molecule has 0 bridgehead atoms.